The first-order chi connectivity index (χ1) is 10.3. The van der Waals surface area contributed by atoms with Crippen molar-refractivity contribution in [3.05, 3.63) is 35.4 Å². The van der Waals surface area contributed by atoms with Crippen molar-refractivity contribution < 1.29 is 19.2 Å². The number of imide groups is 1. The van der Waals surface area contributed by atoms with Crippen molar-refractivity contribution in [3.8, 4) is 0 Å². The molecule has 2 amide bonds. The van der Waals surface area contributed by atoms with E-state index in [2.05, 4.69) is 5.48 Å². The van der Waals surface area contributed by atoms with Gasteiger partial charge >= 0.3 is 0 Å². The number of carbonyl (C=O) groups is 2. The quantitative estimate of drug-likeness (QED) is 0.503. The van der Waals surface area contributed by atoms with Crippen LogP contribution in [0.4, 0.5) is 0 Å². The molecule has 0 saturated carbocycles. The van der Waals surface area contributed by atoms with Crippen LogP contribution in [0, 0.1) is 0 Å². The van der Waals surface area contributed by atoms with Gasteiger partial charge in [-0.15, -0.1) is 0 Å². The van der Waals surface area contributed by atoms with Gasteiger partial charge in [-0.2, -0.15) is 5.48 Å². The number of nitrogens with one attached hydrogen (secondary N) is 1. The Kier molecular flexibility index (Phi) is 4.28. The van der Waals surface area contributed by atoms with Gasteiger partial charge in [-0.3, -0.25) is 19.3 Å². The molecule has 0 radical (unpaired) electrons. The molecule has 0 aliphatic carbocycles. The first-order valence-corrected chi connectivity index (χ1v) is 7.23. The minimum absolute atomic E-state index is 0.235. The molecule has 21 heavy (non-hydrogen) atoms. The maximum atomic E-state index is 12.1. The average molecular weight is 290 g/mol. The molecular weight excluding hydrogens is 272 g/mol. The van der Waals surface area contributed by atoms with Crippen LogP contribution >= 0.6 is 0 Å². The summed E-state index contributed by atoms with van der Waals surface area (Å²) in [6.07, 6.45) is 2.78. The minimum Gasteiger partial charge on any atom is -0.351 e. The number of fused-ring (bicyclic) bond motifs is 1. The van der Waals surface area contributed by atoms with Crippen molar-refractivity contribution >= 4 is 11.8 Å². The molecule has 0 bridgehead atoms. The van der Waals surface area contributed by atoms with Crippen LogP contribution in [0.1, 0.15) is 40.0 Å². The molecule has 0 spiro atoms. The van der Waals surface area contributed by atoms with Gasteiger partial charge < -0.3 is 4.74 Å². The molecule has 3 rings (SSSR count). The van der Waals surface area contributed by atoms with E-state index in [1.807, 2.05) is 0 Å². The summed E-state index contributed by atoms with van der Waals surface area (Å²) in [4.78, 5) is 30.8. The van der Waals surface area contributed by atoms with Crippen molar-refractivity contribution in [1.29, 1.82) is 0 Å². The molecule has 6 nitrogen and oxygen atoms in total. The Hall–Kier alpha value is -1.76. The standard InChI is InChI=1S/C15H18N2O4/c18-14-11-5-1-2-6-12(11)15(19)17(14)9-8-16-21-13-7-3-4-10-20-13/h1-2,5-6,13,16H,3-4,7-10H2. The molecule has 1 fully saturated rings. The zero-order valence-corrected chi connectivity index (χ0v) is 11.7. The summed E-state index contributed by atoms with van der Waals surface area (Å²) in [6.45, 7) is 1.37. The molecule has 112 valence electrons. The van der Waals surface area contributed by atoms with E-state index in [4.69, 9.17) is 9.57 Å². The van der Waals surface area contributed by atoms with Crippen LogP contribution in [0.5, 0.6) is 0 Å². The summed E-state index contributed by atoms with van der Waals surface area (Å²) >= 11 is 0. The van der Waals surface area contributed by atoms with Crippen LogP contribution in [0.25, 0.3) is 0 Å². The number of amides is 2. The molecule has 2 aliphatic rings. The monoisotopic (exact) mass is 290 g/mol. The molecular formula is C15H18N2O4. The number of hydrogen-bond acceptors (Lipinski definition) is 5. The lowest BCUT2D eigenvalue weighted by Gasteiger charge is -2.23. The van der Waals surface area contributed by atoms with Crippen LogP contribution in [0.2, 0.25) is 0 Å². The van der Waals surface area contributed by atoms with E-state index in [9.17, 15) is 9.59 Å². The fourth-order valence-corrected chi connectivity index (χ4v) is 2.56. The van der Waals surface area contributed by atoms with Gasteiger partial charge in [0.15, 0.2) is 6.29 Å². The number of hydrogen-bond donors (Lipinski definition) is 1. The van der Waals surface area contributed by atoms with E-state index >= 15 is 0 Å². The molecule has 1 atom stereocenters. The molecule has 1 aromatic rings. The first-order valence-electron chi connectivity index (χ1n) is 7.23. The van der Waals surface area contributed by atoms with Crippen molar-refractivity contribution in [2.75, 3.05) is 19.7 Å². The third-order valence-corrected chi connectivity index (χ3v) is 3.67. The molecule has 2 aliphatic heterocycles. The summed E-state index contributed by atoms with van der Waals surface area (Å²) < 4.78 is 5.41. The average Bonchev–Trinajstić information content (AvgIpc) is 2.77. The van der Waals surface area contributed by atoms with Crippen molar-refractivity contribution in [1.82, 2.24) is 10.4 Å². The molecule has 1 aromatic carbocycles. The van der Waals surface area contributed by atoms with Crippen LogP contribution in [0.15, 0.2) is 24.3 Å². The normalized spacial score (nSPS) is 21.7. The predicted molar refractivity (Wildman–Crippen MR) is 74.5 cm³/mol. The minimum atomic E-state index is -0.244. The Bertz CT molecular complexity index is 505. The van der Waals surface area contributed by atoms with E-state index in [-0.39, 0.29) is 24.6 Å². The fourth-order valence-electron chi connectivity index (χ4n) is 2.56. The summed E-state index contributed by atoms with van der Waals surface area (Å²) in [5.41, 5.74) is 3.72. The second kappa shape index (κ2) is 6.34. The summed E-state index contributed by atoms with van der Waals surface area (Å²) in [6, 6.07) is 6.87. The highest BCUT2D eigenvalue weighted by molar-refractivity contribution is 6.21. The maximum Gasteiger partial charge on any atom is 0.261 e. The van der Waals surface area contributed by atoms with E-state index in [0.717, 1.165) is 19.3 Å². The Morgan fingerprint density at radius 2 is 1.90 bits per heavy atom. The molecule has 0 aromatic heterocycles. The highest BCUT2D eigenvalue weighted by atomic mass is 16.8. The van der Waals surface area contributed by atoms with Gasteiger partial charge in [0.2, 0.25) is 0 Å². The van der Waals surface area contributed by atoms with E-state index in [1.54, 1.807) is 24.3 Å². The van der Waals surface area contributed by atoms with Gasteiger partial charge in [-0.05, 0) is 25.0 Å². The molecule has 2 heterocycles. The van der Waals surface area contributed by atoms with Crippen molar-refractivity contribution in [2.24, 2.45) is 0 Å². The lowest BCUT2D eigenvalue weighted by atomic mass is 10.1. The number of carbonyl (C=O) groups excluding carboxylic acids is 2. The summed E-state index contributed by atoms with van der Waals surface area (Å²) in [5.74, 6) is -0.488. The van der Waals surface area contributed by atoms with Crippen LogP contribution < -0.4 is 5.48 Å². The SMILES string of the molecule is O=C1c2ccccc2C(=O)N1CCNOC1CCCCO1. The topological polar surface area (TPSA) is 67.9 Å². The number of benzene rings is 1. The molecule has 1 saturated heterocycles. The number of rotatable bonds is 5. The lowest BCUT2D eigenvalue weighted by molar-refractivity contribution is -0.196. The van der Waals surface area contributed by atoms with Crippen LogP contribution in [-0.2, 0) is 9.57 Å². The predicted octanol–water partition coefficient (Wildman–Crippen LogP) is 1.33. The van der Waals surface area contributed by atoms with Crippen LogP contribution in [-0.4, -0.2) is 42.7 Å². The lowest BCUT2D eigenvalue weighted by Crippen LogP contribution is -2.38. The van der Waals surface area contributed by atoms with Gasteiger partial charge in [0.05, 0.1) is 11.1 Å². The molecule has 6 heteroatoms. The van der Waals surface area contributed by atoms with Crippen LogP contribution in [0.3, 0.4) is 0 Å². The van der Waals surface area contributed by atoms with Gasteiger partial charge in [0, 0.05) is 26.1 Å². The van der Waals surface area contributed by atoms with Gasteiger partial charge in [0.25, 0.3) is 11.8 Å². The third kappa shape index (κ3) is 2.97. The van der Waals surface area contributed by atoms with E-state index in [0.29, 0.717) is 24.3 Å². The highest BCUT2D eigenvalue weighted by Crippen LogP contribution is 2.21. The molecule has 1 unspecified atom stereocenters. The Morgan fingerprint density at radius 3 is 2.52 bits per heavy atom. The largest absolute Gasteiger partial charge is 0.351 e. The maximum absolute atomic E-state index is 12.1. The van der Waals surface area contributed by atoms with E-state index in [1.165, 1.54) is 4.90 Å². The molecule has 1 N–H and O–H groups in total. The number of ether oxygens (including phenoxy) is 1. The Balaban J connectivity index is 1.48. The first kappa shape index (κ1) is 14.2. The van der Waals surface area contributed by atoms with E-state index < -0.39 is 0 Å². The van der Waals surface area contributed by atoms with Gasteiger partial charge in [-0.1, -0.05) is 12.1 Å². The smallest absolute Gasteiger partial charge is 0.261 e. The highest BCUT2D eigenvalue weighted by Gasteiger charge is 2.34. The zero-order valence-electron chi connectivity index (χ0n) is 11.7. The number of hydroxylamine groups is 1. The zero-order chi connectivity index (χ0) is 14.7. The van der Waals surface area contributed by atoms with Gasteiger partial charge in [-0.25, -0.2) is 0 Å². The second-order valence-electron chi connectivity index (χ2n) is 5.12. The fraction of sp³-hybridized carbons (Fsp3) is 0.467. The Labute approximate surface area is 123 Å². The van der Waals surface area contributed by atoms with Crippen molar-refractivity contribution in [3.63, 3.8) is 0 Å². The summed E-state index contributed by atoms with van der Waals surface area (Å²) in [7, 11) is 0. The van der Waals surface area contributed by atoms with Gasteiger partial charge in [0.1, 0.15) is 0 Å². The second-order valence-corrected chi connectivity index (χ2v) is 5.12. The Morgan fingerprint density at radius 1 is 1.19 bits per heavy atom. The third-order valence-electron chi connectivity index (χ3n) is 3.67. The summed E-state index contributed by atoms with van der Waals surface area (Å²) in [5, 5.41) is 0. The van der Waals surface area contributed by atoms with Crippen molar-refractivity contribution in [2.45, 2.75) is 25.6 Å². The number of nitrogens with zero attached hydrogens (tertiary/aromatic N) is 1.